The maximum absolute atomic E-state index is 10.9. The van der Waals surface area contributed by atoms with Crippen LogP contribution in [0.5, 0.6) is 11.5 Å². The van der Waals surface area contributed by atoms with Crippen molar-refractivity contribution >= 4 is 12.2 Å². The summed E-state index contributed by atoms with van der Waals surface area (Å²) in [5.41, 5.74) is 5.09. The number of piperazine rings is 1. The summed E-state index contributed by atoms with van der Waals surface area (Å²) < 4.78 is 17.0. The van der Waals surface area contributed by atoms with Crippen molar-refractivity contribution in [1.29, 1.82) is 0 Å². The highest BCUT2D eigenvalue weighted by atomic mass is 16.5. The van der Waals surface area contributed by atoms with Crippen LogP contribution in [0.4, 0.5) is 0 Å². The second-order valence-electron chi connectivity index (χ2n) is 11.2. The van der Waals surface area contributed by atoms with E-state index in [-0.39, 0.29) is 12.6 Å². The molecule has 1 aliphatic rings. The van der Waals surface area contributed by atoms with E-state index in [1.165, 1.54) is 11.1 Å². The van der Waals surface area contributed by atoms with E-state index in [1.807, 2.05) is 60.7 Å². The number of β-amino-alcohol motifs (C(OH)–C–C–N with tert-alkyl or cyclic N) is 1. The zero-order chi connectivity index (χ0) is 30.8. The highest BCUT2D eigenvalue weighted by Crippen LogP contribution is 2.30. The van der Waals surface area contributed by atoms with Crippen LogP contribution in [0.25, 0.3) is 23.6 Å². The van der Waals surface area contributed by atoms with Gasteiger partial charge in [-0.3, -0.25) is 9.80 Å². The molecule has 0 bridgehead atoms. The highest BCUT2D eigenvalue weighted by Gasteiger charge is 2.27. The predicted octanol–water partition coefficient (Wildman–Crippen LogP) is 6.67. The van der Waals surface area contributed by atoms with Gasteiger partial charge in [-0.15, -0.1) is 0 Å². The molecule has 2 heterocycles. The molecule has 0 spiro atoms. The van der Waals surface area contributed by atoms with Crippen molar-refractivity contribution in [2.45, 2.75) is 12.1 Å². The standard InChI is InChI=1S/C38H39N3O4/c1-43-35-20-17-32(18-21-35)38-39-33(27-45-38)19-16-29-10-8-9-15-36(29)44-28-34(42)26-40-22-24-41(25-23-40)37(30-11-4-2-5-12-30)31-13-6-3-7-14-31/h2-21,27,34,37,42H,22-26,28H2,1H3. The summed E-state index contributed by atoms with van der Waals surface area (Å²) in [6, 6.07) is 37.0. The summed E-state index contributed by atoms with van der Waals surface area (Å²) in [6.45, 7) is 4.43. The minimum Gasteiger partial charge on any atom is -0.497 e. The quantitative estimate of drug-likeness (QED) is 0.171. The summed E-state index contributed by atoms with van der Waals surface area (Å²) in [5, 5.41) is 10.9. The van der Waals surface area contributed by atoms with E-state index < -0.39 is 6.10 Å². The van der Waals surface area contributed by atoms with E-state index in [4.69, 9.17) is 13.9 Å². The lowest BCUT2D eigenvalue weighted by atomic mass is 9.96. The first kappa shape index (κ1) is 30.3. The Morgan fingerprint density at radius 3 is 2.11 bits per heavy atom. The van der Waals surface area contributed by atoms with Gasteiger partial charge in [-0.05, 0) is 53.6 Å². The SMILES string of the molecule is COc1ccc(-c2nc(C=Cc3ccccc3OCC(O)CN3CCN(C(c4ccccc4)c4ccccc4)CC3)co2)cc1. The van der Waals surface area contributed by atoms with Gasteiger partial charge in [0.05, 0.1) is 13.2 Å². The molecule has 1 atom stereocenters. The summed E-state index contributed by atoms with van der Waals surface area (Å²) >= 11 is 0. The lowest BCUT2D eigenvalue weighted by Crippen LogP contribution is -2.50. The Balaban J connectivity index is 1.02. The topological polar surface area (TPSA) is 71.2 Å². The third kappa shape index (κ3) is 7.88. The lowest BCUT2D eigenvalue weighted by molar-refractivity contribution is 0.0400. The van der Waals surface area contributed by atoms with Crippen LogP contribution >= 0.6 is 0 Å². The normalized spacial score (nSPS) is 15.0. The van der Waals surface area contributed by atoms with Crippen LogP contribution in [0.3, 0.4) is 0 Å². The molecule has 6 rings (SSSR count). The average Bonchev–Trinajstić information content (AvgIpc) is 3.58. The smallest absolute Gasteiger partial charge is 0.226 e. The third-order valence-corrected chi connectivity index (χ3v) is 8.11. The molecular formula is C38H39N3O4. The van der Waals surface area contributed by atoms with Gasteiger partial charge in [0.2, 0.25) is 5.89 Å². The number of hydrogen-bond donors (Lipinski definition) is 1. The van der Waals surface area contributed by atoms with E-state index in [2.05, 4.69) is 75.4 Å². The molecule has 0 saturated carbocycles. The molecule has 1 unspecified atom stereocenters. The van der Waals surface area contributed by atoms with Gasteiger partial charge in [0.15, 0.2) is 0 Å². The first-order valence-electron chi connectivity index (χ1n) is 15.4. The number of aliphatic hydroxyl groups is 1. The molecule has 7 heteroatoms. The maximum Gasteiger partial charge on any atom is 0.226 e. The molecule has 5 aromatic rings. The summed E-state index contributed by atoms with van der Waals surface area (Å²) in [7, 11) is 1.64. The molecule has 1 aliphatic heterocycles. The molecule has 45 heavy (non-hydrogen) atoms. The van der Waals surface area contributed by atoms with Crippen LogP contribution in [0.1, 0.15) is 28.4 Å². The second kappa shape index (κ2) is 14.9. The molecule has 0 radical (unpaired) electrons. The monoisotopic (exact) mass is 601 g/mol. The molecular weight excluding hydrogens is 562 g/mol. The molecule has 230 valence electrons. The fraction of sp³-hybridized carbons (Fsp3) is 0.237. The van der Waals surface area contributed by atoms with Crippen LogP contribution in [-0.2, 0) is 0 Å². The fourth-order valence-electron chi connectivity index (χ4n) is 5.78. The Labute approximate surface area is 265 Å². The Hall–Kier alpha value is -4.69. The molecule has 1 aromatic heterocycles. The van der Waals surface area contributed by atoms with Crippen molar-refractivity contribution < 1.29 is 19.0 Å². The largest absolute Gasteiger partial charge is 0.497 e. The molecule has 0 amide bonds. The third-order valence-electron chi connectivity index (χ3n) is 8.11. The van der Waals surface area contributed by atoms with E-state index in [0.29, 0.717) is 23.9 Å². The zero-order valence-corrected chi connectivity index (χ0v) is 25.5. The molecule has 4 aromatic carbocycles. The first-order chi connectivity index (χ1) is 22.2. The van der Waals surface area contributed by atoms with Crippen molar-refractivity contribution in [3.05, 3.63) is 138 Å². The summed E-state index contributed by atoms with van der Waals surface area (Å²) in [4.78, 5) is 9.46. The van der Waals surface area contributed by atoms with Crippen molar-refractivity contribution in [2.24, 2.45) is 0 Å². The first-order valence-corrected chi connectivity index (χ1v) is 15.4. The number of aliphatic hydroxyl groups excluding tert-OH is 1. The van der Waals surface area contributed by atoms with Gasteiger partial charge in [0.25, 0.3) is 0 Å². The van der Waals surface area contributed by atoms with Crippen molar-refractivity contribution in [3.8, 4) is 23.0 Å². The highest BCUT2D eigenvalue weighted by molar-refractivity contribution is 5.71. The van der Waals surface area contributed by atoms with Gasteiger partial charge in [-0.2, -0.15) is 0 Å². The predicted molar refractivity (Wildman–Crippen MR) is 178 cm³/mol. The van der Waals surface area contributed by atoms with Crippen LogP contribution in [0, 0.1) is 0 Å². The molecule has 1 fully saturated rings. The Kier molecular flexibility index (Phi) is 10.0. The lowest BCUT2D eigenvalue weighted by Gasteiger charge is -2.40. The molecule has 7 nitrogen and oxygen atoms in total. The van der Waals surface area contributed by atoms with E-state index >= 15 is 0 Å². The van der Waals surface area contributed by atoms with Gasteiger partial charge >= 0.3 is 0 Å². The van der Waals surface area contributed by atoms with Gasteiger partial charge in [0, 0.05) is 43.9 Å². The molecule has 1 saturated heterocycles. The van der Waals surface area contributed by atoms with Crippen molar-refractivity contribution in [3.63, 3.8) is 0 Å². The Morgan fingerprint density at radius 2 is 1.44 bits per heavy atom. The number of rotatable bonds is 12. The number of oxazole rings is 1. The van der Waals surface area contributed by atoms with Crippen molar-refractivity contribution in [1.82, 2.24) is 14.8 Å². The van der Waals surface area contributed by atoms with E-state index in [9.17, 15) is 5.11 Å². The molecule has 1 N–H and O–H groups in total. The Bertz CT molecular complexity index is 1610. The number of aromatic nitrogens is 1. The van der Waals surface area contributed by atoms with E-state index in [1.54, 1.807) is 13.4 Å². The van der Waals surface area contributed by atoms with Crippen LogP contribution < -0.4 is 9.47 Å². The second-order valence-corrected chi connectivity index (χ2v) is 11.2. The number of hydrogen-bond acceptors (Lipinski definition) is 7. The minimum absolute atomic E-state index is 0.216. The molecule has 0 aliphatic carbocycles. The summed E-state index contributed by atoms with van der Waals surface area (Å²) in [6.07, 6.45) is 4.87. The minimum atomic E-state index is -0.602. The number of benzene rings is 4. The fourth-order valence-corrected chi connectivity index (χ4v) is 5.78. The van der Waals surface area contributed by atoms with Crippen molar-refractivity contribution in [2.75, 3.05) is 46.4 Å². The van der Waals surface area contributed by atoms with Crippen LogP contribution in [0.2, 0.25) is 0 Å². The Morgan fingerprint density at radius 1 is 0.800 bits per heavy atom. The zero-order valence-electron chi connectivity index (χ0n) is 25.5. The number of ether oxygens (including phenoxy) is 2. The van der Waals surface area contributed by atoms with Crippen LogP contribution in [-0.4, -0.2) is 72.4 Å². The van der Waals surface area contributed by atoms with E-state index in [0.717, 1.165) is 43.1 Å². The average molecular weight is 602 g/mol. The van der Waals surface area contributed by atoms with Crippen LogP contribution in [0.15, 0.2) is 120 Å². The number of methoxy groups -OCH3 is 1. The van der Waals surface area contributed by atoms with Gasteiger partial charge in [-0.1, -0.05) is 78.9 Å². The van der Waals surface area contributed by atoms with Gasteiger partial charge < -0.3 is 19.0 Å². The maximum atomic E-state index is 10.9. The number of nitrogens with zero attached hydrogens (tertiary/aromatic N) is 3. The number of para-hydroxylation sites is 1. The summed E-state index contributed by atoms with van der Waals surface area (Å²) in [5.74, 6) is 2.04. The van der Waals surface area contributed by atoms with Gasteiger partial charge in [0.1, 0.15) is 36.2 Å². The van der Waals surface area contributed by atoms with Gasteiger partial charge in [-0.25, -0.2) is 4.98 Å².